The minimum absolute atomic E-state index is 0.288. The number of ketones is 2. The van der Waals surface area contributed by atoms with Crippen molar-refractivity contribution in [3.05, 3.63) is 28.8 Å². The zero-order valence-electron chi connectivity index (χ0n) is 9.46. The molecule has 0 aliphatic heterocycles. The normalized spacial score (nSPS) is 10.0. The van der Waals surface area contributed by atoms with Crippen LogP contribution >= 0.6 is 11.6 Å². The van der Waals surface area contributed by atoms with Gasteiger partial charge in [-0.25, -0.2) is 0 Å². The van der Waals surface area contributed by atoms with Gasteiger partial charge in [-0.3, -0.25) is 9.59 Å². The number of Topliss-reactive ketones (excluding diaryl/α,β-unsaturated/α-hetero) is 2. The highest BCUT2D eigenvalue weighted by molar-refractivity contribution is 6.51. The second-order valence-electron chi connectivity index (χ2n) is 3.45. The molecule has 0 amide bonds. The number of rotatable bonds is 4. The third-order valence-corrected chi connectivity index (χ3v) is 2.82. The molecular weight excluding hydrogens is 228 g/mol. The van der Waals surface area contributed by atoms with Crippen LogP contribution in [0.5, 0.6) is 5.75 Å². The lowest BCUT2D eigenvalue weighted by Gasteiger charge is -2.10. The van der Waals surface area contributed by atoms with Crippen molar-refractivity contribution >= 4 is 23.2 Å². The van der Waals surface area contributed by atoms with Crippen LogP contribution in [-0.4, -0.2) is 24.6 Å². The maximum Gasteiger partial charge on any atom is 0.230 e. The summed E-state index contributed by atoms with van der Waals surface area (Å²) in [4.78, 5) is 22.9. The summed E-state index contributed by atoms with van der Waals surface area (Å²) < 4.78 is 5.13. The highest BCUT2D eigenvalue weighted by Crippen LogP contribution is 2.24. The third-order valence-electron chi connectivity index (χ3n) is 2.58. The van der Waals surface area contributed by atoms with E-state index in [0.29, 0.717) is 11.3 Å². The second-order valence-corrected chi connectivity index (χ2v) is 3.72. The van der Waals surface area contributed by atoms with Crippen LogP contribution in [0.25, 0.3) is 0 Å². The molecule has 4 heteroatoms. The smallest absolute Gasteiger partial charge is 0.230 e. The summed E-state index contributed by atoms with van der Waals surface area (Å²) in [5.74, 6) is -0.719. The first kappa shape index (κ1) is 12.7. The summed E-state index contributed by atoms with van der Waals surface area (Å²) in [6.07, 6.45) is 0. The molecule has 1 rings (SSSR count). The van der Waals surface area contributed by atoms with Gasteiger partial charge in [0, 0.05) is 5.56 Å². The van der Waals surface area contributed by atoms with Crippen LogP contribution in [0, 0.1) is 13.8 Å². The minimum Gasteiger partial charge on any atom is -0.496 e. The quantitative estimate of drug-likeness (QED) is 0.461. The van der Waals surface area contributed by atoms with Gasteiger partial charge in [-0.2, -0.15) is 0 Å². The molecule has 86 valence electrons. The predicted molar refractivity (Wildman–Crippen MR) is 62.5 cm³/mol. The summed E-state index contributed by atoms with van der Waals surface area (Å²) >= 11 is 5.35. The standard InChI is InChI=1S/C12H13ClO3/c1-7-8(2)11(16-3)5-4-9(7)12(15)10(14)6-13/h4-5H,6H2,1-3H3. The van der Waals surface area contributed by atoms with Crippen molar-refractivity contribution in [1.82, 2.24) is 0 Å². The Morgan fingerprint density at radius 3 is 2.38 bits per heavy atom. The molecule has 0 heterocycles. The lowest BCUT2D eigenvalue weighted by Crippen LogP contribution is -2.17. The molecule has 1 aromatic rings. The molecule has 0 aliphatic rings. The first-order chi connectivity index (χ1) is 7.52. The van der Waals surface area contributed by atoms with E-state index in [0.717, 1.165) is 11.1 Å². The fourth-order valence-corrected chi connectivity index (χ4v) is 1.60. The number of carbonyl (C=O) groups is 2. The monoisotopic (exact) mass is 240 g/mol. The number of carbonyl (C=O) groups excluding carboxylic acids is 2. The molecular formula is C12H13ClO3. The highest BCUT2D eigenvalue weighted by atomic mass is 35.5. The zero-order valence-corrected chi connectivity index (χ0v) is 10.2. The van der Waals surface area contributed by atoms with Crippen LogP contribution < -0.4 is 4.74 Å². The second kappa shape index (κ2) is 5.12. The maximum atomic E-state index is 11.7. The van der Waals surface area contributed by atoms with Gasteiger partial charge in [0.15, 0.2) is 0 Å². The summed E-state index contributed by atoms with van der Waals surface area (Å²) in [6, 6.07) is 3.27. The Morgan fingerprint density at radius 1 is 1.25 bits per heavy atom. The number of hydrogen-bond acceptors (Lipinski definition) is 3. The van der Waals surface area contributed by atoms with Gasteiger partial charge in [-0.1, -0.05) is 0 Å². The zero-order chi connectivity index (χ0) is 12.3. The number of ether oxygens (including phenoxy) is 1. The molecule has 16 heavy (non-hydrogen) atoms. The predicted octanol–water partition coefficient (Wildman–Crippen LogP) is 2.30. The molecule has 0 spiro atoms. The SMILES string of the molecule is COc1ccc(C(=O)C(=O)CCl)c(C)c1C. The fraction of sp³-hybridized carbons (Fsp3) is 0.333. The first-order valence-electron chi connectivity index (χ1n) is 4.80. The van der Waals surface area contributed by atoms with Gasteiger partial charge in [0.2, 0.25) is 11.6 Å². The van der Waals surface area contributed by atoms with E-state index in [1.165, 1.54) is 0 Å². The van der Waals surface area contributed by atoms with Gasteiger partial charge in [0.1, 0.15) is 5.75 Å². The van der Waals surface area contributed by atoms with Crippen LogP contribution in [0.15, 0.2) is 12.1 Å². The van der Waals surface area contributed by atoms with Crippen molar-refractivity contribution in [2.75, 3.05) is 13.0 Å². The van der Waals surface area contributed by atoms with E-state index in [-0.39, 0.29) is 5.88 Å². The van der Waals surface area contributed by atoms with Crippen molar-refractivity contribution in [3.63, 3.8) is 0 Å². The van der Waals surface area contributed by atoms with E-state index in [9.17, 15) is 9.59 Å². The van der Waals surface area contributed by atoms with Gasteiger partial charge >= 0.3 is 0 Å². The lowest BCUT2D eigenvalue weighted by molar-refractivity contribution is -0.112. The Hall–Kier alpha value is -1.35. The average Bonchev–Trinajstić information content (AvgIpc) is 2.30. The van der Waals surface area contributed by atoms with Gasteiger partial charge in [-0.15, -0.1) is 11.6 Å². The Labute approximate surface area is 99.4 Å². The van der Waals surface area contributed by atoms with Gasteiger partial charge in [0.05, 0.1) is 13.0 Å². The number of hydrogen-bond donors (Lipinski definition) is 0. The third kappa shape index (κ3) is 2.25. The van der Waals surface area contributed by atoms with Gasteiger partial charge in [0.25, 0.3) is 0 Å². The molecule has 1 aromatic carbocycles. The maximum absolute atomic E-state index is 11.7. The molecule has 0 N–H and O–H groups in total. The van der Waals surface area contributed by atoms with Crippen LogP contribution in [0.2, 0.25) is 0 Å². The topological polar surface area (TPSA) is 43.4 Å². The van der Waals surface area contributed by atoms with Crippen LogP contribution in [0.3, 0.4) is 0 Å². The number of methoxy groups -OCH3 is 1. The van der Waals surface area contributed by atoms with Crippen molar-refractivity contribution in [1.29, 1.82) is 0 Å². The summed E-state index contributed by atoms with van der Waals surface area (Å²) in [5, 5.41) is 0. The molecule has 0 aromatic heterocycles. The number of alkyl halides is 1. The Bertz CT molecular complexity index is 438. The molecule has 0 aliphatic carbocycles. The fourth-order valence-electron chi connectivity index (χ4n) is 1.47. The molecule has 3 nitrogen and oxygen atoms in total. The Balaban J connectivity index is 3.22. The molecule has 0 bridgehead atoms. The van der Waals surface area contributed by atoms with Crippen LogP contribution in [0.1, 0.15) is 21.5 Å². The molecule has 0 saturated carbocycles. The highest BCUT2D eigenvalue weighted by Gasteiger charge is 2.18. The average molecular weight is 241 g/mol. The molecule has 0 saturated heterocycles. The van der Waals surface area contributed by atoms with E-state index in [1.54, 1.807) is 26.2 Å². The molecule has 0 unspecified atom stereocenters. The van der Waals surface area contributed by atoms with Crippen molar-refractivity contribution in [2.24, 2.45) is 0 Å². The summed E-state index contributed by atoms with van der Waals surface area (Å²) in [7, 11) is 1.56. The van der Waals surface area contributed by atoms with Crippen LogP contribution in [0.4, 0.5) is 0 Å². The van der Waals surface area contributed by atoms with Gasteiger partial charge < -0.3 is 4.74 Å². The minimum atomic E-state index is -0.589. The first-order valence-corrected chi connectivity index (χ1v) is 5.34. The number of halogens is 1. The van der Waals surface area contributed by atoms with Crippen molar-refractivity contribution in [3.8, 4) is 5.75 Å². The van der Waals surface area contributed by atoms with Gasteiger partial charge in [-0.05, 0) is 37.1 Å². The van der Waals surface area contributed by atoms with Crippen molar-refractivity contribution in [2.45, 2.75) is 13.8 Å². The number of benzene rings is 1. The lowest BCUT2D eigenvalue weighted by atomic mass is 9.98. The van der Waals surface area contributed by atoms with E-state index < -0.39 is 11.6 Å². The Kier molecular flexibility index (Phi) is 4.07. The van der Waals surface area contributed by atoms with Crippen LogP contribution in [-0.2, 0) is 4.79 Å². The van der Waals surface area contributed by atoms with E-state index in [1.807, 2.05) is 6.92 Å². The van der Waals surface area contributed by atoms with E-state index in [2.05, 4.69) is 0 Å². The van der Waals surface area contributed by atoms with E-state index in [4.69, 9.17) is 16.3 Å². The van der Waals surface area contributed by atoms with E-state index >= 15 is 0 Å². The largest absolute Gasteiger partial charge is 0.496 e. The summed E-state index contributed by atoms with van der Waals surface area (Å²) in [5.41, 5.74) is 2.00. The molecule has 0 radical (unpaired) electrons. The molecule has 0 atom stereocenters. The molecule has 0 fully saturated rings. The van der Waals surface area contributed by atoms with Crippen molar-refractivity contribution < 1.29 is 14.3 Å². The summed E-state index contributed by atoms with van der Waals surface area (Å²) in [6.45, 7) is 3.63. The Morgan fingerprint density at radius 2 is 1.88 bits per heavy atom.